The monoisotopic (exact) mass is 656 g/mol. The number of rotatable bonds is 16. The molecule has 0 saturated heterocycles. The molecule has 0 bridgehead atoms. The molecule has 1 aliphatic heterocycles. The van der Waals surface area contributed by atoms with E-state index in [1.807, 2.05) is 20.8 Å². The summed E-state index contributed by atoms with van der Waals surface area (Å²) in [6, 6.07) is 0. The van der Waals surface area contributed by atoms with Crippen molar-refractivity contribution in [2.45, 2.75) is 125 Å². The predicted molar refractivity (Wildman–Crippen MR) is 176 cm³/mol. The first kappa shape index (κ1) is 38.1. The van der Waals surface area contributed by atoms with Crippen molar-refractivity contribution in [3.63, 3.8) is 0 Å². The molecule has 1 heterocycles. The Morgan fingerprint density at radius 1 is 0.864 bits per heavy atom. The van der Waals surface area contributed by atoms with Crippen LogP contribution >= 0.6 is 15.6 Å². The molecule has 250 valence electrons. The molecule has 1 aliphatic rings. The van der Waals surface area contributed by atoms with Crippen molar-refractivity contribution < 1.29 is 42.5 Å². The lowest BCUT2D eigenvalue weighted by atomic mass is 9.78. The summed E-state index contributed by atoms with van der Waals surface area (Å²) >= 11 is 0. The Hall–Kier alpha value is -2.11. The molecule has 44 heavy (non-hydrogen) atoms. The summed E-state index contributed by atoms with van der Waals surface area (Å²) < 4.78 is 48.0. The lowest BCUT2D eigenvalue weighted by Crippen LogP contribution is -2.43. The summed E-state index contributed by atoms with van der Waals surface area (Å²) in [6.07, 6.45) is 4.60. The van der Waals surface area contributed by atoms with Crippen LogP contribution in [-0.2, 0) is 29.8 Å². The second kappa shape index (κ2) is 17.0. The third-order valence-corrected chi connectivity index (χ3v) is 13.9. The van der Waals surface area contributed by atoms with Crippen LogP contribution in [0.15, 0.2) is 0 Å². The van der Waals surface area contributed by atoms with Crippen molar-refractivity contribution in [3.8, 4) is 11.5 Å². The minimum Gasteiger partial charge on any atom is -0.487 e. The van der Waals surface area contributed by atoms with E-state index in [1.165, 1.54) is 12.8 Å². The van der Waals surface area contributed by atoms with Gasteiger partial charge in [0.05, 0.1) is 18.6 Å². The maximum atomic E-state index is 13.1. The molecular formula is C33H54O9P2. The van der Waals surface area contributed by atoms with Crippen LogP contribution in [0.2, 0.25) is 0 Å². The molecule has 0 fully saturated rings. The molecule has 1 aromatic rings. The van der Waals surface area contributed by atoms with E-state index in [9.17, 15) is 23.5 Å². The average Bonchev–Trinajstić information content (AvgIpc) is 2.97. The van der Waals surface area contributed by atoms with Gasteiger partial charge in [0.2, 0.25) is 0 Å². The first-order valence-corrected chi connectivity index (χ1v) is 19.0. The average molecular weight is 657 g/mol. The highest BCUT2D eigenvalue weighted by Crippen LogP contribution is 2.50. The van der Waals surface area contributed by atoms with Gasteiger partial charge in [0.25, 0.3) is 0 Å². The minimum absolute atomic E-state index is 0.0140. The zero-order valence-electron chi connectivity index (χ0n) is 28.3. The van der Waals surface area contributed by atoms with Gasteiger partial charge < -0.3 is 28.1 Å². The number of benzene rings is 1. The van der Waals surface area contributed by atoms with Gasteiger partial charge in [0.1, 0.15) is 17.1 Å². The molecular weight excluding hydrogens is 602 g/mol. The number of ether oxygens (including phenoxy) is 4. The molecule has 0 radical (unpaired) electrons. The van der Waals surface area contributed by atoms with Crippen molar-refractivity contribution >= 4 is 33.0 Å². The maximum Gasteiger partial charge on any atom is 0.361 e. The van der Waals surface area contributed by atoms with Gasteiger partial charge >= 0.3 is 17.4 Å². The van der Waals surface area contributed by atoms with Crippen LogP contribution in [0.25, 0.3) is 0 Å². The molecule has 0 aromatic heterocycles. The summed E-state index contributed by atoms with van der Waals surface area (Å²) in [4.78, 5) is 37.4. The second-order valence-electron chi connectivity index (χ2n) is 12.7. The lowest BCUT2D eigenvalue weighted by Gasteiger charge is -2.42. The largest absolute Gasteiger partial charge is 0.487 e. The fourth-order valence-electron chi connectivity index (χ4n) is 5.63. The van der Waals surface area contributed by atoms with Gasteiger partial charge in [-0.3, -0.25) is 4.79 Å². The van der Waals surface area contributed by atoms with Crippen molar-refractivity contribution in [1.82, 2.24) is 0 Å². The van der Waals surface area contributed by atoms with Gasteiger partial charge in [-0.1, -0.05) is 40.5 Å². The molecule has 0 amide bonds. The third-order valence-electron chi connectivity index (χ3n) is 9.43. The summed E-state index contributed by atoms with van der Waals surface area (Å²) in [5.74, 6) is 2.43. The first-order chi connectivity index (χ1) is 20.6. The number of esters is 1. The van der Waals surface area contributed by atoms with E-state index in [4.69, 9.17) is 18.9 Å². The van der Waals surface area contributed by atoms with Crippen LogP contribution in [0.5, 0.6) is 11.5 Å². The highest BCUT2D eigenvalue weighted by molar-refractivity contribution is 7.79. The van der Waals surface area contributed by atoms with E-state index in [1.54, 1.807) is 13.8 Å². The van der Waals surface area contributed by atoms with Crippen LogP contribution in [0.1, 0.15) is 109 Å². The van der Waals surface area contributed by atoms with Crippen molar-refractivity contribution in [3.05, 3.63) is 22.3 Å². The third kappa shape index (κ3) is 9.45. The number of carbonyl (C=O) groups excluding carboxylic acids is 3. The molecule has 11 heteroatoms. The zero-order valence-corrected chi connectivity index (χ0v) is 30.3. The van der Waals surface area contributed by atoms with Crippen LogP contribution in [0.3, 0.4) is 0 Å². The molecule has 5 unspecified atom stereocenters. The lowest BCUT2D eigenvalue weighted by molar-refractivity contribution is -0.134. The Kier molecular flexibility index (Phi) is 14.7. The number of carbonyl (C=O) groups is 3. The van der Waals surface area contributed by atoms with E-state index in [0.717, 1.165) is 47.3 Å². The Morgan fingerprint density at radius 3 is 1.95 bits per heavy atom. The Labute approximate surface area is 265 Å². The molecule has 0 saturated carbocycles. The normalized spacial score (nSPS) is 19.6. The fraction of sp³-hybridized carbons (Fsp3) is 0.727. The highest BCUT2D eigenvalue weighted by atomic mass is 31.2. The molecule has 0 spiro atoms. The van der Waals surface area contributed by atoms with Gasteiger partial charge in [0.15, 0.2) is 15.6 Å². The van der Waals surface area contributed by atoms with Crippen molar-refractivity contribution in [1.29, 1.82) is 0 Å². The van der Waals surface area contributed by atoms with Crippen LogP contribution < -0.4 is 9.47 Å². The summed E-state index contributed by atoms with van der Waals surface area (Å²) in [7, 11) is -6.54. The van der Waals surface area contributed by atoms with Gasteiger partial charge in [-0.05, 0) is 102 Å². The molecule has 0 N–H and O–H groups in total. The second-order valence-corrected chi connectivity index (χ2v) is 17.0. The fourth-order valence-corrected chi connectivity index (χ4v) is 9.25. The van der Waals surface area contributed by atoms with E-state index in [-0.39, 0.29) is 31.7 Å². The zero-order chi connectivity index (χ0) is 33.4. The summed E-state index contributed by atoms with van der Waals surface area (Å²) in [5.41, 5.74) is 1.23. The first-order valence-electron chi connectivity index (χ1n) is 16.0. The quantitative estimate of drug-likeness (QED) is 0.0973. The highest BCUT2D eigenvalue weighted by Gasteiger charge is 2.39. The van der Waals surface area contributed by atoms with Crippen LogP contribution in [0.4, 0.5) is 9.59 Å². The van der Waals surface area contributed by atoms with Crippen LogP contribution in [0, 0.1) is 38.5 Å². The molecule has 1 aromatic carbocycles. The molecule has 5 atom stereocenters. The Morgan fingerprint density at radius 2 is 1.43 bits per heavy atom. The molecule has 9 nitrogen and oxygen atoms in total. The van der Waals surface area contributed by atoms with Crippen molar-refractivity contribution in [2.24, 2.45) is 17.8 Å². The topological polar surface area (TPSA) is 122 Å². The van der Waals surface area contributed by atoms with Gasteiger partial charge in [-0.2, -0.15) is 0 Å². The van der Waals surface area contributed by atoms with Gasteiger partial charge in [-0.25, -0.2) is 9.59 Å². The van der Waals surface area contributed by atoms with E-state index in [0.29, 0.717) is 23.5 Å². The molecule has 0 aliphatic carbocycles. The molecule has 2 rings (SSSR count). The predicted octanol–water partition coefficient (Wildman–Crippen LogP) is 9.24. The minimum atomic E-state index is -3.27. The number of fused-ring (bicyclic) bond motifs is 1. The van der Waals surface area contributed by atoms with Crippen molar-refractivity contribution in [2.75, 3.05) is 13.2 Å². The van der Waals surface area contributed by atoms with Crippen LogP contribution in [-0.4, -0.2) is 41.6 Å². The van der Waals surface area contributed by atoms with E-state index < -0.39 is 38.4 Å². The van der Waals surface area contributed by atoms with Gasteiger partial charge in [-0.15, -0.1) is 0 Å². The standard InChI is InChI=1S/C33H54O9P2/c1-11-39-31(35)43(37)28(44(38)32(36)40-12-2)17-16-27(34)41-29-23(7)24(8)30-26(25(29)9)18-19-33(10,42-30)22(6)15-13-14-21(5)20(3)4/h20-22,28,43-44H,11-19H2,1-10H3. The Bertz CT molecular complexity index is 1210. The van der Waals surface area contributed by atoms with E-state index >= 15 is 0 Å². The van der Waals surface area contributed by atoms with E-state index in [2.05, 4.69) is 34.6 Å². The SMILES string of the molecule is CCOC(=O)[PH](=O)C(CCC(=O)Oc1c(C)c(C)c2c(c1C)CCC(C)(C(C)CCCC(C)C(C)C)O2)[PH](=O)C(=O)OCC. The maximum absolute atomic E-state index is 13.1. The summed E-state index contributed by atoms with van der Waals surface area (Å²) in [5, 5.41) is -1.33. The Balaban J connectivity index is 2.20. The smallest absolute Gasteiger partial charge is 0.361 e. The van der Waals surface area contributed by atoms with Gasteiger partial charge in [0, 0.05) is 12.0 Å². The number of hydrogen-bond donors (Lipinski definition) is 0. The number of hydrogen-bond acceptors (Lipinski definition) is 9. The summed E-state index contributed by atoms with van der Waals surface area (Å²) in [6.45, 7) is 20.2.